The van der Waals surface area contributed by atoms with Gasteiger partial charge >= 0.3 is 0 Å². The molecule has 1 aromatic carbocycles. The summed E-state index contributed by atoms with van der Waals surface area (Å²) in [6, 6.07) is 7.37. The van der Waals surface area contributed by atoms with Crippen LogP contribution in [0.1, 0.15) is 42.4 Å². The number of aromatic nitrogens is 3. The molecule has 0 radical (unpaired) electrons. The summed E-state index contributed by atoms with van der Waals surface area (Å²) < 4.78 is 6.78. The van der Waals surface area contributed by atoms with Crippen LogP contribution in [-0.4, -0.2) is 40.6 Å². The Hall–Kier alpha value is -2.12. The first-order chi connectivity index (χ1) is 11.6. The SMILES string of the molecule is CCCCC(CN)NC(=O)c1nnn(-c2ccc(OC)cc2)c1C.Cl. The van der Waals surface area contributed by atoms with E-state index in [1.165, 1.54) is 0 Å². The van der Waals surface area contributed by atoms with Crippen LogP contribution in [0, 0.1) is 6.92 Å². The molecule has 2 aromatic rings. The van der Waals surface area contributed by atoms with Gasteiger partial charge in [-0.1, -0.05) is 25.0 Å². The Morgan fingerprint density at radius 3 is 2.60 bits per heavy atom. The van der Waals surface area contributed by atoms with Gasteiger partial charge in [-0.2, -0.15) is 0 Å². The molecule has 2 rings (SSSR count). The molecule has 0 aliphatic heterocycles. The van der Waals surface area contributed by atoms with E-state index in [1.54, 1.807) is 11.8 Å². The van der Waals surface area contributed by atoms with Crippen LogP contribution in [0.4, 0.5) is 0 Å². The van der Waals surface area contributed by atoms with Crippen molar-refractivity contribution in [3.05, 3.63) is 35.7 Å². The number of carbonyl (C=O) groups is 1. The minimum Gasteiger partial charge on any atom is -0.497 e. The van der Waals surface area contributed by atoms with Crippen molar-refractivity contribution in [2.45, 2.75) is 39.2 Å². The predicted octanol–water partition coefficient (Wildman–Crippen LogP) is 2.25. The largest absolute Gasteiger partial charge is 0.497 e. The number of ether oxygens (including phenoxy) is 1. The van der Waals surface area contributed by atoms with Crippen molar-refractivity contribution >= 4 is 18.3 Å². The highest BCUT2D eigenvalue weighted by molar-refractivity contribution is 5.93. The highest BCUT2D eigenvalue weighted by atomic mass is 35.5. The Kier molecular flexibility index (Phi) is 8.37. The van der Waals surface area contributed by atoms with Crippen LogP contribution in [0.15, 0.2) is 24.3 Å². The lowest BCUT2D eigenvalue weighted by molar-refractivity contribution is 0.0930. The molecule has 0 fully saturated rings. The zero-order valence-corrected chi connectivity index (χ0v) is 15.7. The maximum atomic E-state index is 12.4. The summed E-state index contributed by atoms with van der Waals surface area (Å²) in [6.07, 6.45) is 2.96. The number of amides is 1. The number of halogens is 1. The van der Waals surface area contributed by atoms with Crippen molar-refractivity contribution in [3.63, 3.8) is 0 Å². The average Bonchev–Trinajstić information content (AvgIpc) is 3.00. The van der Waals surface area contributed by atoms with Gasteiger partial charge in [0.25, 0.3) is 5.91 Å². The summed E-state index contributed by atoms with van der Waals surface area (Å²) in [5, 5.41) is 11.1. The van der Waals surface area contributed by atoms with Gasteiger partial charge in [0, 0.05) is 12.6 Å². The summed E-state index contributed by atoms with van der Waals surface area (Å²) in [4.78, 5) is 12.4. The number of unbranched alkanes of at least 4 members (excludes halogenated alkanes) is 1. The van der Waals surface area contributed by atoms with E-state index in [2.05, 4.69) is 22.6 Å². The predicted molar refractivity (Wildman–Crippen MR) is 99.7 cm³/mol. The van der Waals surface area contributed by atoms with Crippen LogP contribution in [0.3, 0.4) is 0 Å². The molecule has 0 aliphatic rings. The number of nitrogens with one attached hydrogen (secondary N) is 1. The molecule has 0 spiro atoms. The van der Waals surface area contributed by atoms with Gasteiger partial charge in [0.2, 0.25) is 0 Å². The Balaban J connectivity index is 0.00000312. The van der Waals surface area contributed by atoms with E-state index in [9.17, 15) is 4.79 Å². The number of hydrogen-bond acceptors (Lipinski definition) is 5. The molecule has 3 N–H and O–H groups in total. The van der Waals surface area contributed by atoms with Crippen LogP contribution in [0.2, 0.25) is 0 Å². The molecule has 1 unspecified atom stereocenters. The second kappa shape index (κ2) is 10.0. The second-order valence-electron chi connectivity index (χ2n) is 5.68. The molecule has 25 heavy (non-hydrogen) atoms. The van der Waals surface area contributed by atoms with Gasteiger partial charge in [0.1, 0.15) is 5.75 Å². The van der Waals surface area contributed by atoms with Crippen molar-refractivity contribution in [2.75, 3.05) is 13.7 Å². The van der Waals surface area contributed by atoms with Gasteiger partial charge in [-0.25, -0.2) is 4.68 Å². The van der Waals surface area contributed by atoms with E-state index < -0.39 is 0 Å². The van der Waals surface area contributed by atoms with Crippen LogP contribution in [0.25, 0.3) is 5.69 Å². The maximum Gasteiger partial charge on any atom is 0.274 e. The molecule has 1 heterocycles. The summed E-state index contributed by atoms with van der Waals surface area (Å²) in [5.41, 5.74) is 7.56. The van der Waals surface area contributed by atoms with Gasteiger partial charge in [-0.05, 0) is 37.6 Å². The van der Waals surface area contributed by atoms with Crippen LogP contribution in [0.5, 0.6) is 5.75 Å². The summed E-state index contributed by atoms with van der Waals surface area (Å²) in [5.74, 6) is 0.523. The molecule has 1 amide bonds. The number of carbonyl (C=O) groups excluding carboxylic acids is 1. The lowest BCUT2D eigenvalue weighted by Gasteiger charge is -2.15. The Bertz CT molecular complexity index is 672. The zero-order valence-electron chi connectivity index (χ0n) is 14.9. The van der Waals surface area contributed by atoms with E-state index >= 15 is 0 Å². The number of methoxy groups -OCH3 is 1. The fourth-order valence-corrected chi connectivity index (χ4v) is 2.46. The van der Waals surface area contributed by atoms with Crippen molar-refractivity contribution < 1.29 is 9.53 Å². The van der Waals surface area contributed by atoms with Crippen LogP contribution < -0.4 is 15.8 Å². The fourth-order valence-electron chi connectivity index (χ4n) is 2.46. The molecule has 0 aliphatic carbocycles. The highest BCUT2D eigenvalue weighted by Crippen LogP contribution is 2.16. The number of hydrogen-bond donors (Lipinski definition) is 2. The lowest BCUT2D eigenvalue weighted by Crippen LogP contribution is -2.40. The lowest BCUT2D eigenvalue weighted by atomic mass is 10.1. The molecule has 1 aromatic heterocycles. The normalized spacial score (nSPS) is 11.5. The molecular formula is C17H26ClN5O2. The number of nitrogens with two attached hydrogens (primary N) is 1. The highest BCUT2D eigenvalue weighted by Gasteiger charge is 2.19. The van der Waals surface area contributed by atoms with E-state index in [4.69, 9.17) is 10.5 Å². The summed E-state index contributed by atoms with van der Waals surface area (Å²) >= 11 is 0. The average molecular weight is 368 g/mol. The summed E-state index contributed by atoms with van der Waals surface area (Å²) in [6.45, 7) is 4.35. The molecule has 0 saturated heterocycles. The Morgan fingerprint density at radius 1 is 1.36 bits per heavy atom. The first kappa shape index (κ1) is 20.9. The third kappa shape index (κ3) is 5.17. The number of rotatable bonds is 8. The Labute approximate surface area is 154 Å². The van der Waals surface area contributed by atoms with Gasteiger partial charge in [-0.15, -0.1) is 17.5 Å². The quantitative estimate of drug-likeness (QED) is 0.746. The first-order valence-electron chi connectivity index (χ1n) is 8.18. The second-order valence-corrected chi connectivity index (χ2v) is 5.68. The van der Waals surface area contributed by atoms with E-state index in [-0.39, 0.29) is 24.4 Å². The van der Waals surface area contributed by atoms with E-state index in [0.29, 0.717) is 17.9 Å². The van der Waals surface area contributed by atoms with E-state index in [0.717, 1.165) is 30.7 Å². The summed E-state index contributed by atoms with van der Waals surface area (Å²) in [7, 11) is 1.62. The third-order valence-electron chi connectivity index (χ3n) is 3.95. The molecule has 138 valence electrons. The molecule has 0 bridgehead atoms. The van der Waals surface area contributed by atoms with Crippen molar-refractivity contribution in [1.29, 1.82) is 0 Å². The monoisotopic (exact) mass is 367 g/mol. The minimum atomic E-state index is -0.237. The van der Waals surface area contributed by atoms with Gasteiger partial charge < -0.3 is 15.8 Å². The Morgan fingerprint density at radius 2 is 2.04 bits per heavy atom. The first-order valence-corrected chi connectivity index (χ1v) is 8.18. The van der Waals surface area contributed by atoms with Crippen molar-refractivity contribution in [3.8, 4) is 11.4 Å². The van der Waals surface area contributed by atoms with Crippen LogP contribution >= 0.6 is 12.4 Å². The maximum absolute atomic E-state index is 12.4. The molecule has 1 atom stereocenters. The zero-order chi connectivity index (χ0) is 17.5. The third-order valence-corrected chi connectivity index (χ3v) is 3.95. The fraction of sp³-hybridized carbons (Fsp3) is 0.471. The number of nitrogens with zero attached hydrogens (tertiary/aromatic N) is 3. The molecular weight excluding hydrogens is 342 g/mol. The van der Waals surface area contributed by atoms with E-state index in [1.807, 2.05) is 31.2 Å². The standard InChI is InChI=1S/C17H25N5O2.ClH/c1-4-5-6-13(11-18)19-17(23)16-12(2)22(21-20-16)14-7-9-15(24-3)10-8-14;/h7-10,13H,4-6,11,18H2,1-3H3,(H,19,23);1H. The molecule has 7 nitrogen and oxygen atoms in total. The van der Waals surface area contributed by atoms with Crippen molar-refractivity contribution in [2.24, 2.45) is 5.73 Å². The van der Waals surface area contributed by atoms with Gasteiger partial charge in [0.15, 0.2) is 5.69 Å². The van der Waals surface area contributed by atoms with Gasteiger partial charge in [-0.3, -0.25) is 4.79 Å². The topological polar surface area (TPSA) is 95.1 Å². The van der Waals surface area contributed by atoms with Crippen LogP contribution in [-0.2, 0) is 0 Å². The smallest absolute Gasteiger partial charge is 0.274 e. The molecule has 8 heteroatoms. The molecule has 0 saturated carbocycles. The number of benzene rings is 1. The van der Waals surface area contributed by atoms with Crippen molar-refractivity contribution in [1.82, 2.24) is 20.3 Å². The minimum absolute atomic E-state index is 0. The van der Waals surface area contributed by atoms with Gasteiger partial charge in [0.05, 0.1) is 18.5 Å².